The molecule has 4 nitrogen and oxygen atoms in total. The minimum Gasteiger partial charge on any atom is -0.462 e. The number of carbonyl (C=O) groups excluding carboxylic acids is 1. The minimum absolute atomic E-state index is 0.267. The average Bonchev–Trinajstić information content (AvgIpc) is 2.45. The minimum atomic E-state index is -0.453. The highest BCUT2D eigenvalue weighted by Crippen LogP contribution is 2.30. The Morgan fingerprint density at radius 2 is 2.05 bits per heavy atom. The summed E-state index contributed by atoms with van der Waals surface area (Å²) in [6, 6.07) is 8.92. The van der Waals surface area contributed by atoms with E-state index >= 15 is 0 Å². The van der Waals surface area contributed by atoms with Crippen molar-refractivity contribution in [2.24, 2.45) is 0 Å². The van der Waals surface area contributed by atoms with E-state index in [4.69, 9.17) is 15.2 Å². The van der Waals surface area contributed by atoms with Gasteiger partial charge in [0.15, 0.2) is 0 Å². The van der Waals surface area contributed by atoms with Gasteiger partial charge in [-0.25, -0.2) is 9.18 Å². The molecular weight excluding hydrogens is 341 g/mol. The molecule has 2 N–H and O–H groups in total. The van der Waals surface area contributed by atoms with Crippen LogP contribution in [0.1, 0.15) is 17.3 Å². The first-order valence-corrected chi connectivity index (χ1v) is 7.00. The molecule has 0 unspecified atom stereocenters. The second-order valence-corrected chi connectivity index (χ2v) is 5.01. The molecular formula is C15H13BrFNO3. The Hall–Kier alpha value is -2.08. The van der Waals surface area contributed by atoms with Crippen molar-refractivity contribution in [1.29, 1.82) is 0 Å². The Kier molecular flexibility index (Phi) is 4.80. The van der Waals surface area contributed by atoms with Crippen molar-refractivity contribution in [2.45, 2.75) is 6.92 Å². The number of benzene rings is 2. The molecule has 0 fully saturated rings. The zero-order valence-electron chi connectivity index (χ0n) is 11.2. The zero-order valence-corrected chi connectivity index (χ0v) is 12.8. The molecule has 0 heterocycles. The summed E-state index contributed by atoms with van der Waals surface area (Å²) in [6.45, 7) is 2.01. The lowest BCUT2D eigenvalue weighted by Crippen LogP contribution is -2.05. The van der Waals surface area contributed by atoms with Gasteiger partial charge in [-0.15, -0.1) is 0 Å². The van der Waals surface area contributed by atoms with Gasteiger partial charge in [-0.2, -0.15) is 0 Å². The second kappa shape index (κ2) is 6.58. The van der Waals surface area contributed by atoms with Gasteiger partial charge in [0.05, 0.1) is 22.3 Å². The summed E-state index contributed by atoms with van der Waals surface area (Å²) in [5.41, 5.74) is 6.44. The maximum Gasteiger partial charge on any atom is 0.338 e. The van der Waals surface area contributed by atoms with E-state index in [2.05, 4.69) is 15.9 Å². The van der Waals surface area contributed by atoms with E-state index in [1.54, 1.807) is 25.1 Å². The zero-order chi connectivity index (χ0) is 15.4. The van der Waals surface area contributed by atoms with E-state index in [0.717, 1.165) is 0 Å². The van der Waals surface area contributed by atoms with Crippen LogP contribution in [-0.4, -0.2) is 12.6 Å². The lowest BCUT2D eigenvalue weighted by atomic mass is 10.2. The van der Waals surface area contributed by atoms with Gasteiger partial charge in [0.2, 0.25) is 0 Å². The number of nitrogen functional groups attached to an aromatic ring is 1. The van der Waals surface area contributed by atoms with Crippen molar-refractivity contribution < 1.29 is 18.7 Å². The predicted octanol–water partition coefficient (Wildman–Crippen LogP) is 4.14. The Bertz CT molecular complexity index is 676. The van der Waals surface area contributed by atoms with E-state index in [-0.39, 0.29) is 12.3 Å². The smallest absolute Gasteiger partial charge is 0.338 e. The van der Waals surface area contributed by atoms with Crippen molar-refractivity contribution in [3.8, 4) is 11.5 Å². The molecule has 2 rings (SSSR count). The summed E-state index contributed by atoms with van der Waals surface area (Å²) in [4.78, 5) is 11.6. The first kappa shape index (κ1) is 15.3. The van der Waals surface area contributed by atoms with Crippen molar-refractivity contribution in [1.82, 2.24) is 0 Å². The fourth-order valence-electron chi connectivity index (χ4n) is 1.65. The molecule has 0 aliphatic heterocycles. The molecule has 0 saturated heterocycles. The molecule has 0 atom stereocenters. The largest absolute Gasteiger partial charge is 0.462 e. The van der Waals surface area contributed by atoms with Gasteiger partial charge >= 0.3 is 5.97 Å². The van der Waals surface area contributed by atoms with Crippen LogP contribution < -0.4 is 10.5 Å². The first-order valence-electron chi connectivity index (χ1n) is 6.20. The number of esters is 1. The van der Waals surface area contributed by atoms with Crippen LogP contribution in [0, 0.1) is 5.82 Å². The number of ether oxygens (including phenoxy) is 2. The van der Waals surface area contributed by atoms with E-state index in [1.165, 1.54) is 18.2 Å². The van der Waals surface area contributed by atoms with Gasteiger partial charge < -0.3 is 15.2 Å². The maximum absolute atomic E-state index is 13.4. The van der Waals surface area contributed by atoms with E-state index in [0.29, 0.717) is 21.5 Å². The molecule has 2 aromatic rings. The van der Waals surface area contributed by atoms with Crippen LogP contribution >= 0.6 is 15.9 Å². The highest BCUT2D eigenvalue weighted by Gasteiger charge is 2.11. The van der Waals surface area contributed by atoms with Crippen molar-refractivity contribution >= 4 is 27.6 Å². The second-order valence-electron chi connectivity index (χ2n) is 4.15. The van der Waals surface area contributed by atoms with Crippen LogP contribution in [-0.2, 0) is 4.74 Å². The molecule has 0 aliphatic rings. The number of hydrogen-bond acceptors (Lipinski definition) is 4. The SMILES string of the molecule is CCOC(=O)c1ccc(Oc2ccc(Br)c(F)c2)c(N)c1. The summed E-state index contributed by atoms with van der Waals surface area (Å²) in [6.07, 6.45) is 0. The van der Waals surface area contributed by atoms with Crippen LogP contribution in [0.15, 0.2) is 40.9 Å². The number of carbonyl (C=O) groups is 1. The van der Waals surface area contributed by atoms with Crippen molar-refractivity contribution in [3.63, 3.8) is 0 Å². The fraction of sp³-hybridized carbons (Fsp3) is 0.133. The Morgan fingerprint density at radius 3 is 2.67 bits per heavy atom. The normalized spacial score (nSPS) is 10.2. The molecule has 0 aromatic heterocycles. The summed E-state index contributed by atoms with van der Waals surface area (Å²) in [5, 5.41) is 0. The molecule has 2 aromatic carbocycles. The Labute approximate surface area is 129 Å². The number of hydrogen-bond donors (Lipinski definition) is 1. The molecule has 110 valence electrons. The Balaban J connectivity index is 2.21. The molecule has 0 radical (unpaired) electrons. The van der Waals surface area contributed by atoms with E-state index < -0.39 is 11.8 Å². The molecule has 0 spiro atoms. The fourth-order valence-corrected chi connectivity index (χ4v) is 1.90. The van der Waals surface area contributed by atoms with E-state index in [9.17, 15) is 9.18 Å². The van der Waals surface area contributed by atoms with Gasteiger partial charge in [0.25, 0.3) is 0 Å². The van der Waals surface area contributed by atoms with E-state index in [1.807, 2.05) is 0 Å². The quantitative estimate of drug-likeness (QED) is 0.662. The van der Waals surface area contributed by atoms with Crippen LogP contribution in [0.25, 0.3) is 0 Å². The number of anilines is 1. The first-order chi connectivity index (χ1) is 10.0. The summed E-state index contributed by atoms with van der Waals surface area (Å²) >= 11 is 3.06. The number of nitrogens with two attached hydrogens (primary N) is 1. The standard InChI is InChI=1S/C15H13BrFNO3/c1-2-20-15(19)9-3-6-14(13(18)7-9)21-10-4-5-11(16)12(17)8-10/h3-8H,2,18H2,1H3. The third kappa shape index (κ3) is 3.72. The molecule has 0 saturated carbocycles. The van der Waals surface area contributed by atoms with Crippen molar-refractivity contribution in [2.75, 3.05) is 12.3 Å². The van der Waals surface area contributed by atoms with Crippen LogP contribution in [0.5, 0.6) is 11.5 Å². The number of rotatable bonds is 4. The van der Waals surface area contributed by atoms with Gasteiger partial charge in [-0.3, -0.25) is 0 Å². The van der Waals surface area contributed by atoms with Crippen LogP contribution in [0.4, 0.5) is 10.1 Å². The van der Waals surface area contributed by atoms with Crippen molar-refractivity contribution in [3.05, 3.63) is 52.3 Å². The molecule has 21 heavy (non-hydrogen) atoms. The van der Waals surface area contributed by atoms with Crippen LogP contribution in [0.3, 0.4) is 0 Å². The average molecular weight is 354 g/mol. The third-order valence-corrected chi connectivity index (χ3v) is 3.28. The van der Waals surface area contributed by atoms with Gasteiger partial charge in [0, 0.05) is 6.07 Å². The topological polar surface area (TPSA) is 61.5 Å². The summed E-state index contributed by atoms with van der Waals surface area (Å²) in [5.74, 6) is -0.240. The van der Waals surface area contributed by atoms with Gasteiger partial charge in [-0.1, -0.05) is 0 Å². The molecule has 0 aliphatic carbocycles. The highest BCUT2D eigenvalue weighted by molar-refractivity contribution is 9.10. The molecule has 6 heteroatoms. The molecule has 0 bridgehead atoms. The highest BCUT2D eigenvalue weighted by atomic mass is 79.9. The predicted molar refractivity (Wildman–Crippen MR) is 81.0 cm³/mol. The number of halogens is 2. The van der Waals surface area contributed by atoms with Crippen LogP contribution in [0.2, 0.25) is 0 Å². The Morgan fingerprint density at radius 1 is 1.29 bits per heavy atom. The van der Waals surface area contributed by atoms with Gasteiger partial charge in [0.1, 0.15) is 17.3 Å². The monoisotopic (exact) mass is 353 g/mol. The summed E-state index contributed by atoms with van der Waals surface area (Å²) < 4.78 is 24.1. The maximum atomic E-state index is 13.4. The summed E-state index contributed by atoms with van der Waals surface area (Å²) in [7, 11) is 0. The molecule has 0 amide bonds. The lowest BCUT2D eigenvalue weighted by Gasteiger charge is -2.10. The third-order valence-electron chi connectivity index (χ3n) is 2.64. The lowest BCUT2D eigenvalue weighted by molar-refractivity contribution is 0.0526. The van der Waals surface area contributed by atoms with Gasteiger partial charge in [-0.05, 0) is 53.2 Å².